The quantitative estimate of drug-likeness (QED) is 0.633. The number of nitrogens with zero attached hydrogens (tertiary/aromatic N) is 3. The van der Waals surface area contributed by atoms with E-state index in [2.05, 4.69) is 22.3 Å². The molecule has 17 heavy (non-hydrogen) atoms. The highest BCUT2D eigenvalue weighted by atomic mass is 32.1. The summed E-state index contributed by atoms with van der Waals surface area (Å²) in [5.74, 6) is 5.58. The molecule has 0 fully saturated rings. The third-order valence-electron chi connectivity index (χ3n) is 2.73. The number of aromatic nitrogens is 3. The van der Waals surface area contributed by atoms with Crippen LogP contribution in [0.4, 0.5) is 0 Å². The lowest BCUT2D eigenvalue weighted by Gasteiger charge is -2.11. The van der Waals surface area contributed by atoms with Crippen molar-refractivity contribution in [2.75, 3.05) is 0 Å². The number of hydrogen-bond acceptors (Lipinski definition) is 5. The molecular formula is C11H17N5S. The summed E-state index contributed by atoms with van der Waals surface area (Å²) in [7, 11) is 1.95. The normalized spacial score (nSPS) is 12.9. The van der Waals surface area contributed by atoms with E-state index in [0.717, 1.165) is 22.8 Å². The molecule has 6 heteroatoms. The van der Waals surface area contributed by atoms with Crippen molar-refractivity contribution in [1.82, 2.24) is 20.0 Å². The molecular weight excluding hydrogens is 234 g/mol. The van der Waals surface area contributed by atoms with Crippen molar-refractivity contribution < 1.29 is 0 Å². The Morgan fingerprint density at radius 2 is 2.29 bits per heavy atom. The predicted molar refractivity (Wildman–Crippen MR) is 68.6 cm³/mol. The largest absolute Gasteiger partial charge is 0.340 e. The Morgan fingerprint density at radius 1 is 1.53 bits per heavy atom. The minimum atomic E-state index is 0.0150. The standard InChI is InChI=1S/C11H17N5S/c1-7-8(2)17-11(14-7)4-9(15-12)10-5-16(3)6-13-10/h5-6,9,15H,4,12H2,1-3H3. The summed E-state index contributed by atoms with van der Waals surface area (Å²) in [5.41, 5.74) is 4.84. The Labute approximate surface area is 105 Å². The molecule has 0 saturated carbocycles. The van der Waals surface area contributed by atoms with Gasteiger partial charge in [0.1, 0.15) is 0 Å². The number of nitrogens with two attached hydrogens (primary N) is 1. The van der Waals surface area contributed by atoms with Gasteiger partial charge in [0, 0.05) is 24.5 Å². The van der Waals surface area contributed by atoms with E-state index >= 15 is 0 Å². The van der Waals surface area contributed by atoms with Gasteiger partial charge < -0.3 is 4.57 Å². The number of hydrogen-bond donors (Lipinski definition) is 2. The first-order valence-electron chi connectivity index (χ1n) is 5.47. The first-order chi connectivity index (χ1) is 8.10. The van der Waals surface area contributed by atoms with Crippen molar-refractivity contribution in [2.24, 2.45) is 12.9 Å². The van der Waals surface area contributed by atoms with E-state index in [4.69, 9.17) is 5.84 Å². The number of nitrogens with one attached hydrogen (secondary N) is 1. The number of imidazole rings is 1. The van der Waals surface area contributed by atoms with Gasteiger partial charge in [-0.1, -0.05) is 0 Å². The van der Waals surface area contributed by atoms with E-state index in [9.17, 15) is 0 Å². The topological polar surface area (TPSA) is 68.8 Å². The lowest BCUT2D eigenvalue weighted by Crippen LogP contribution is -2.29. The second-order valence-corrected chi connectivity index (χ2v) is 5.42. The van der Waals surface area contributed by atoms with Crippen molar-refractivity contribution in [3.05, 3.63) is 33.8 Å². The molecule has 0 aliphatic heterocycles. The minimum Gasteiger partial charge on any atom is -0.340 e. The Bertz CT molecular complexity index is 482. The smallest absolute Gasteiger partial charge is 0.0950 e. The summed E-state index contributed by atoms with van der Waals surface area (Å²) in [6.45, 7) is 4.11. The molecule has 92 valence electrons. The summed E-state index contributed by atoms with van der Waals surface area (Å²) >= 11 is 1.72. The molecule has 0 saturated heterocycles. The van der Waals surface area contributed by atoms with Crippen molar-refractivity contribution >= 4 is 11.3 Å². The molecule has 2 rings (SSSR count). The maximum absolute atomic E-state index is 5.58. The SMILES string of the molecule is Cc1nc(CC(NN)c2cn(C)cn2)sc1C. The van der Waals surface area contributed by atoms with Crippen molar-refractivity contribution in [1.29, 1.82) is 0 Å². The van der Waals surface area contributed by atoms with Crippen LogP contribution in [0.15, 0.2) is 12.5 Å². The van der Waals surface area contributed by atoms with Crippen LogP contribution in [0.2, 0.25) is 0 Å². The molecule has 0 amide bonds. The van der Waals surface area contributed by atoms with E-state index in [1.54, 1.807) is 17.7 Å². The molecule has 0 aromatic carbocycles. The molecule has 5 nitrogen and oxygen atoms in total. The van der Waals surface area contributed by atoms with Crippen LogP contribution in [-0.2, 0) is 13.5 Å². The van der Waals surface area contributed by atoms with E-state index in [1.807, 2.05) is 24.7 Å². The van der Waals surface area contributed by atoms with Gasteiger partial charge in [0.15, 0.2) is 0 Å². The van der Waals surface area contributed by atoms with Gasteiger partial charge in [0.25, 0.3) is 0 Å². The minimum absolute atomic E-state index is 0.0150. The van der Waals surface area contributed by atoms with Crippen molar-refractivity contribution in [3.8, 4) is 0 Å². The summed E-state index contributed by atoms with van der Waals surface area (Å²) in [4.78, 5) is 10.1. The van der Waals surface area contributed by atoms with Crippen LogP contribution in [-0.4, -0.2) is 14.5 Å². The average molecular weight is 251 g/mol. The molecule has 0 aliphatic carbocycles. The van der Waals surface area contributed by atoms with Gasteiger partial charge >= 0.3 is 0 Å². The van der Waals surface area contributed by atoms with Crippen LogP contribution >= 0.6 is 11.3 Å². The third-order valence-corrected chi connectivity index (χ3v) is 3.83. The third kappa shape index (κ3) is 2.71. The summed E-state index contributed by atoms with van der Waals surface area (Å²) in [6, 6.07) is 0.0150. The zero-order valence-electron chi connectivity index (χ0n) is 10.3. The van der Waals surface area contributed by atoms with E-state index in [0.29, 0.717) is 0 Å². The maximum atomic E-state index is 5.58. The fourth-order valence-electron chi connectivity index (χ4n) is 1.66. The Kier molecular flexibility index (Phi) is 3.56. The summed E-state index contributed by atoms with van der Waals surface area (Å²) in [6.07, 6.45) is 4.52. The van der Waals surface area contributed by atoms with Gasteiger partial charge in [0.2, 0.25) is 0 Å². The van der Waals surface area contributed by atoms with E-state index in [-0.39, 0.29) is 6.04 Å². The highest BCUT2D eigenvalue weighted by Crippen LogP contribution is 2.22. The van der Waals surface area contributed by atoms with Crippen LogP contribution < -0.4 is 11.3 Å². The molecule has 2 aromatic heterocycles. The number of aryl methyl sites for hydroxylation is 3. The van der Waals surface area contributed by atoms with Gasteiger partial charge in [-0.3, -0.25) is 11.3 Å². The fourth-order valence-corrected chi connectivity index (χ4v) is 2.64. The van der Waals surface area contributed by atoms with Gasteiger partial charge in [0.05, 0.1) is 28.8 Å². The van der Waals surface area contributed by atoms with Crippen LogP contribution in [0.25, 0.3) is 0 Å². The lowest BCUT2D eigenvalue weighted by atomic mass is 10.2. The van der Waals surface area contributed by atoms with E-state index in [1.165, 1.54) is 4.88 Å². The molecule has 1 atom stereocenters. The molecule has 3 N–H and O–H groups in total. The van der Waals surface area contributed by atoms with Gasteiger partial charge in [-0.2, -0.15) is 0 Å². The predicted octanol–water partition coefficient (Wildman–Crippen LogP) is 1.24. The zero-order chi connectivity index (χ0) is 12.4. The van der Waals surface area contributed by atoms with Gasteiger partial charge in [-0.15, -0.1) is 11.3 Å². The second kappa shape index (κ2) is 4.95. The Balaban J connectivity index is 2.15. The monoisotopic (exact) mass is 251 g/mol. The van der Waals surface area contributed by atoms with Crippen LogP contribution in [0.1, 0.15) is 27.3 Å². The number of thiazole rings is 1. The van der Waals surface area contributed by atoms with Gasteiger partial charge in [-0.05, 0) is 13.8 Å². The first-order valence-corrected chi connectivity index (χ1v) is 6.28. The number of hydrazine groups is 1. The van der Waals surface area contributed by atoms with E-state index < -0.39 is 0 Å². The maximum Gasteiger partial charge on any atom is 0.0950 e. The lowest BCUT2D eigenvalue weighted by molar-refractivity contribution is 0.538. The van der Waals surface area contributed by atoms with Crippen molar-refractivity contribution in [2.45, 2.75) is 26.3 Å². The Morgan fingerprint density at radius 3 is 2.76 bits per heavy atom. The molecule has 2 aromatic rings. The molecule has 1 unspecified atom stereocenters. The molecule has 0 spiro atoms. The highest BCUT2D eigenvalue weighted by molar-refractivity contribution is 7.11. The molecule has 0 radical (unpaired) electrons. The number of rotatable bonds is 4. The second-order valence-electron chi connectivity index (χ2n) is 4.14. The summed E-state index contributed by atoms with van der Waals surface area (Å²) < 4.78 is 1.91. The van der Waals surface area contributed by atoms with Crippen LogP contribution in [0.5, 0.6) is 0 Å². The fraction of sp³-hybridized carbons (Fsp3) is 0.455. The Hall–Kier alpha value is -1.24. The first kappa shape index (κ1) is 12.2. The van der Waals surface area contributed by atoms with Crippen LogP contribution in [0.3, 0.4) is 0 Å². The van der Waals surface area contributed by atoms with Crippen molar-refractivity contribution in [3.63, 3.8) is 0 Å². The highest BCUT2D eigenvalue weighted by Gasteiger charge is 2.15. The van der Waals surface area contributed by atoms with Crippen LogP contribution in [0, 0.1) is 13.8 Å². The summed E-state index contributed by atoms with van der Waals surface area (Å²) in [5, 5.41) is 1.09. The zero-order valence-corrected chi connectivity index (χ0v) is 11.1. The molecule has 2 heterocycles. The molecule has 0 bridgehead atoms. The molecule has 0 aliphatic rings. The van der Waals surface area contributed by atoms with Gasteiger partial charge in [-0.25, -0.2) is 9.97 Å². The average Bonchev–Trinajstić information content (AvgIpc) is 2.83.